The Morgan fingerprint density at radius 2 is 1.11 bits per heavy atom. The normalized spacial score (nSPS) is 14.3. The van der Waals surface area contributed by atoms with E-state index in [4.69, 9.17) is 9.98 Å². The van der Waals surface area contributed by atoms with Crippen molar-refractivity contribution < 1.29 is 0 Å². The van der Waals surface area contributed by atoms with Crippen LogP contribution in [0, 0.1) is 0 Å². The highest BCUT2D eigenvalue weighted by atomic mass is 32.1. The lowest BCUT2D eigenvalue weighted by atomic mass is 9.96. The van der Waals surface area contributed by atoms with Gasteiger partial charge in [0.1, 0.15) is 12.0 Å². The summed E-state index contributed by atoms with van der Waals surface area (Å²) in [7, 11) is 0. The van der Waals surface area contributed by atoms with Gasteiger partial charge in [0.2, 0.25) is 0 Å². The molecule has 3 heterocycles. The van der Waals surface area contributed by atoms with E-state index in [9.17, 15) is 0 Å². The van der Waals surface area contributed by atoms with E-state index in [2.05, 4.69) is 216 Å². The third kappa shape index (κ3) is 5.45. The number of hydrogen-bond donors (Lipinski definition) is 1. The van der Waals surface area contributed by atoms with E-state index >= 15 is 0 Å². The average Bonchev–Trinajstić information content (AvgIpc) is 3.88. The summed E-state index contributed by atoms with van der Waals surface area (Å²) in [5.74, 6) is 1.49. The first kappa shape index (κ1) is 34.9. The van der Waals surface area contributed by atoms with Crippen LogP contribution in [0.3, 0.4) is 0 Å². The highest BCUT2D eigenvalue weighted by Crippen LogP contribution is 2.44. The number of hydrogen-bond acceptors (Lipinski definition) is 4. The van der Waals surface area contributed by atoms with Crippen LogP contribution in [0.25, 0.3) is 91.1 Å². The van der Waals surface area contributed by atoms with E-state index in [1.165, 1.54) is 74.5 Å². The molecule has 0 amide bonds. The number of thiophene rings is 1. The molecule has 4 nitrogen and oxygen atoms in total. The van der Waals surface area contributed by atoms with Gasteiger partial charge in [0.15, 0.2) is 5.84 Å². The van der Waals surface area contributed by atoms with E-state index in [0.29, 0.717) is 5.84 Å². The summed E-state index contributed by atoms with van der Waals surface area (Å²) >= 11 is 1.86. The van der Waals surface area contributed by atoms with Crippen LogP contribution in [-0.2, 0) is 0 Å². The minimum Gasteiger partial charge on any atom is -0.344 e. The van der Waals surface area contributed by atoms with Crippen molar-refractivity contribution in [2.24, 2.45) is 9.98 Å². The summed E-state index contributed by atoms with van der Waals surface area (Å²) < 4.78 is 5.01. The van der Waals surface area contributed by atoms with Crippen LogP contribution in [0.15, 0.2) is 216 Å². The van der Waals surface area contributed by atoms with Gasteiger partial charge in [-0.3, -0.25) is 0 Å². The zero-order chi connectivity index (χ0) is 40.7. The number of fused-ring (bicyclic) bond motifs is 10. The topological polar surface area (TPSA) is 41.7 Å². The van der Waals surface area contributed by atoms with Gasteiger partial charge in [0.25, 0.3) is 0 Å². The molecule has 0 bridgehead atoms. The molecule has 10 aromatic carbocycles. The lowest BCUT2D eigenvalue weighted by Gasteiger charge is -2.25. The van der Waals surface area contributed by atoms with Crippen LogP contribution in [0.2, 0.25) is 0 Å². The molecule has 0 fully saturated rings. The van der Waals surface area contributed by atoms with Crippen LogP contribution in [0.1, 0.15) is 22.9 Å². The molecule has 1 atom stereocenters. The van der Waals surface area contributed by atoms with Gasteiger partial charge in [-0.05, 0) is 86.4 Å². The van der Waals surface area contributed by atoms with Crippen molar-refractivity contribution in [3.8, 4) is 16.8 Å². The van der Waals surface area contributed by atoms with Crippen molar-refractivity contribution in [3.05, 3.63) is 223 Å². The quantitative estimate of drug-likeness (QED) is 0.173. The van der Waals surface area contributed by atoms with Crippen molar-refractivity contribution in [3.63, 3.8) is 0 Å². The zero-order valence-corrected chi connectivity index (χ0v) is 34.3. The average molecular weight is 809 g/mol. The highest BCUT2D eigenvalue weighted by molar-refractivity contribution is 7.26. The first-order chi connectivity index (χ1) is 30.7. The molecule has 0 saturated heterocycles. The molecule has 1 aliphatic rings. The van der Waals surface area contributed by atoms with Crippen LogP contribution < -0.4 is 5.32 Å². The maximum Gasteiger partial charge on any atom is 0.159 e. The van der Waals surface area contributed by atoms with Gasteiger partial charge < -0.3 is 9.88 Å². The fraction of sp³-hybridized carbons (Fsp3) is 0.0175. The summed E-state index contributed by atoms with van der Waals surface area (Å²) in [6.45, 7) is 0. The van der Waals surface area contributed by atoms with E-state index in [0.717, 1.165) is 39.2 Å². The Morgan fingerprint density at radius 1 is 0.435 bits per heavy atom. The molecule has 0 saturated carbocycles. The van der Waals surface area contributed by atoms with Crippen molar-refractivity contribution in [1.82, 2.24) is 9.88 Å². The molecule has 0 spiro atoms. The van der Waals surface area contributed by atoms with Crippen LogP contribution in [0.4, 0.5) is 0 Å². The van der Waals surface area contributed by atoms with Gasteiger partial charge in [0, 0.05) is 53.2 Å². The van der Waals surface area contributed by atoms with Crippen molar-refractivity contribution in [1.29, 1.82) is 0 Å². The van der Waals surface area contributed by atoms with Gasteiger partial charge in [-0.1, -0.05) is 158 Å². The van der Waals surface area contributed by atoms with Crippen molar-refractivity contribution in [2.75, 3.05) is 0 Å². The van der Waals surface area contributed by atoms with Crippen molar-refractivity contribution in [2.45, 2.75) is 6.17 Å². The number of aromatic nitrogens is 1. The molecule has 2 aromatic heterocycles. The maximum absolute atomic E-state index is 5.46. The molecule has 12 aromatic rings. The largest absolute Gasteiger partial charge is 0.344 e. The lowest BCUT2D eigenvalue weighted by Crippen LogP contribution is -2.33. The number of para-hydroxylation sites is 1. The second kappa shape index (κ2) is 13.8. The van der Waals surface area contributed by atoms with Crippen LogP contribution >= 0.6 is 11.3 Å². The van der Waals surface area contributed by atoms with Gasteiger partial charge in [-0.25, -0.2) is 9.98 Å². The summed E-state index contributed by atoms with van der Waals surface area (Å²) in [4.78, 5) is 10.9. The van der Waals surface area contributed by atoms with Gasteiger partial charge >= 0.3 is 0 Å². The fourth-order valence-corrected chi connectivity index (χ4v) is 11.0. The lowest BCUT2D eigenvalue weighted by molar-refractivity contribution is 0.674. The Bertz CT molecular complexity index is 3850. The monoisotopic (exact) mass is 808 g/mol. The molecule has 0 radical (unpaired) electrons. The SMILES string of the molecule is c1ccc(C2N=C(c3ccc(-n4c5ccccc5c5cc6ccccc6cc54)c(-c4cccc5c4sc4ccccc45)c3)N=C(c3cc4ccccc4c4ccccc34)N2)cc1. The Hall–Kier alpha value is -7.86. The number of amidine groups is 2. The van der Waals surface area contributed by atoms with E-state index in [-0.39, 0.29) is 6.17 Å². The van der Waals surface area contributed by atoms with E-state index < -0.39 is 0 Å². The number of benzene rings is 10. The Balaban J connectivity index is 1.09. The summed E-state index contributed by atoms with van der Waals surface area (Å²) in [5, 5.41) is 16.0. The number of nitrogens with one attached hydrogen (secondary N) is 1. The molecule has 0 aliphatic carbocycles. The molecule has 13 rings (SSSR count). The Labute approximate surface area is 361 Å². The standard InChI is InChI=1S/C57H36N4S/c1-2-15-35(16-3-1)55-58-56(60-57(59-55)49-32-38-19-6-7-20-40(38)41-21-8-9-22-42(41)49)39-29-30-51(48(33-39)46-26-14-25-45-44-24-11-13-28-53(44)62-54(45)46)61-50-27-12-10-23-43(50)47-31-36-17-4-5-18-37(36)34-52(47)61/h1-34,55H,(H,58,59,60). The summed E-state index contributed by atoms with van der Waals surface area (Å²) in [5.41, 5.74) is 8.85. The van der Waals surface area contributed by atoms with E-state index in [1.807, 2.05) is 11.3 Å². The first-order valence-electron chi connectivity index (χ1n) is 21.1. The molecular formula is C57H36N4S. The second-order valence-electron chi connectivity index (χ2n) is 16.1. The molecular weight excluding hydrogens is 773 g/mol. The predicted octanol–water partition coefficient (Wildman–Crippen LogP) is 14.8. The third-order valence-corrected chi connectivity index (χ3v) is 13.8. The van der Waals surface area contributed by atoms with Crippen LogP contribution in [0.5, 0.6) is 0 Å². The molecule has 62 heavy (non-hydrogen) atoms. The second-order valence-corrected chi connectivity index (χ2v) is 17.2. The Kier molecular flexibility index (Phi) is 7.81. The minimum absolute atomic E-state index is 0.344. The number of rotatable bonds is 5. The molecule has 5 heteroatoms. The third-order valence-electron chi connectivity index (χ3n) is 12.6. The predicted molar refractivity (Wildman–Crippen MR) is 263 cm³/mol. The van der Waals surface area contributed by atoms with Gasteiger partial charge in [0.05, 0.1) is 16.7 Å². The van der Waals surface area contributed by atoms with E-state index in [1.54, 1.807) is 0 Å². The number of nitrogens with zero attached hydrogens (tertiary/aromatic N) is 3. The fourth-order valence-electron chi connectivity index (χ4n) is 9.73. The zero-order valence-electron chi connectivity index (χ0n) is 33.5. The van der Waals surface area contributed by atoms with Crippen molar-refractivity contribution >= 4 is 97.3 Å². The summed E-state index contributed by atoms with van der Waals surface area (Å²) in [6, 6.07) is 74.6. The first-order valence-corrected chi connectivity index (χ1v) is 21.9. The minimum atomic E-state index is -0.344. The maximum atomic E-state index is 5.46. The summed E-state index contributed by atoms with van der Waals surface area (Å²) in [6.07, 6.45) is -0.344. The molecule has 1 unspecified atom stereocenters. The molecule has 1 N–H and O–H groups in total. The highest BCUT2D eigenvalue weighted by Gasteiger charge is 2.25. The smallest absolute Gasteiger partial charge is 0.159 e. The van der Waals surface area contributed by atoms with Gasteiger partial charge in [-0.2, -0.15) is 0 Å². The van der Waals surface area contributed by atoms with Crippen LogP contribution in [-0.4, -0.2) is 16.2 Å². The van der Waals surface area contributed by atoms with Gasteiger partial charge in [-0.15, -0.1) is 11.3 Å². The number of aliphatic imine (C=N–C) groups is 2. The molecule has 1 aliphatic heterocycles. The molecule has 290 valence electrons. The Morgan fingerprint density at radius 3 is 1.97 bits per heavy atom.